The zero-order chi connectivity index (χ0) is 32.2. The first-order chi connectivity index (χ1) is 21.8. The number of aromatic nitrogens is 2. The van der Waals surface area contributed by atoms with E-state index in [0.717, 1.165) is 38.0 Å². The number of likely N-dealkylation sites (tertiary alicyclic amines) is 1. The molecule has 0 spiro atoms. The first kappa shape index (κ1) is 34.0. The maximum atomic E-state index is 14.9. The van der Waals surface area contributed by atoms with Crippen molar-refractivity contribution in [3.63, 3.8) is 0 Å². The molecule has 1 fully saturated rings. The predicted molar refractivity (Wildman–Crippen MR) is 176 cm³/mol. The molecule has 3 aromatic rings. The zero-order valence-electron chi connectivity index (χ0n) is 27.3. The minimum Gasteiger partial charge on any atom is -0.497 e. The fraction of sp³-hybridized carbons (Fsp3) is 0.514. The Kier molecular flexibility index (Phi) is 12.8. The molecule has 2 heterocycles. The van der Waals surface area contributed by atoms with Gasteiger partial charge >= 0.3 is 6.09 Å². The molecule has 1 aliphatic heterocycles. The molecule has 0 bridgehead atoms. The molecular formula is C35H48FN5O4. The molecule has 1 amide bonds. The van der Waals surface area contributed by atoms with Crippen LogP contribution in [-0.4, -0.2) is 60.4 Å². The number of methoxy groups -OCH3 is 1. The molecule has 1 aromatic heterocycles. The van der Waals surface area contributed by atoms with Crippen LogP contribution in [0.15, 0.2) is 54.7 Å². The largest absolute Gasteiger partial charge is 0.497 e. The second kappa shape index (κ2) is 17.0. The summed E-state index contributed by atoms with van der Waals surface area (Å²) in [5.74, 6) is 1.37. The van der Waals surface area contributed by atoms with Gasteiger partial charge in [0.05, 0.1) is 13.7 Å². The highest BCUT2D eigenvalue weighted by Gasteiger charge is 2.34. The molecule has 4 rings (SSSR count). The van der Waals surface area contributed by atoms with Crippen molar-refractivity contribution >= 4 is 23.5 Å². The van der Waals surface area contributed by atoms with Crippen LogP contribution < -0.4 is 19.7 Å². The standard InChI is InChI=1S/C35H48FN5O4/c1-6-26(4)33(25(2)3)41(35(42)45-24-27-12-10-13-29(22-27)43-5)32-16-17-37-34(39-32)38-28-14-15-31(30(36)23-28)44-21-11-20-40-18-8-7-9-19-40/h10,12-17,22-23,25-26,33H,6-9,11,18-21,24H2,1-5H3,(H,37,38,39). The molecule has 0 radical (unpaired) electrons. The third-order valence-corrected chi connectivity index (χ3v) is 8.30. The molecule has 2 unspecified atom stereocenters. The zero-order valence-corrected chi connectivity index (χ0v) is 27.3. The van der Waals surface area contributed by atoms with Gasteiger partial charge in [-0.05, 0) is 80.1 Å². The van der Waals surface area contributed by atoms with Crippen molar-refractivity contribution in [3.8, 4) is 11.5 Å². The number of benzene rings is 2. The third kappa shape index (κ3) is 9.78. The predicted octanol–water partition coefficient (Wildman–Crippen LogP) is 7.84. The van der Waals surface area contributed by atoms with Gasteiger partial charge in [0.2, 0.25) is 5.95 Å². The number of nitrogens with one attached hydrogen (secondary N) is 1. The molecule has 9 nitrogen and oxygen atoms in total. The van der Waals surface area contributed by atoms with Gasteiger partial charge in [0, 0.05) is 30.5 Å². The fourth-order valence-corrected chi connectivity index (χ4v) is 5.82. The fourth-order valence-electron chi connectivity index (χ4n) is 5.82. The first-order valence-electron chi connectivity index (χ1n) is 16.1. The summed E-state index contributed by atoms with van der Waals surface area (Å²) in [4.78, 5) is 26.8. The summed E-state index contributed by atoms with van der Waals surface area (Å²) in [5, 5.41) is 3.08. The molecule has 0 aliphatic carbocycles. The minimum atomic E-state index is -0.505. The van der Waals surface area contributed by atoms with Crippen molar-refractivity contribution < 1.29 is 23.4 Å². The van der Waals surface area contributed by atoms with Gasteiger partial charge in [-0.3, -0.25) is 4.90 Å². The Hall–Kier alpha value is -3.92. The number of halogens is 1. The van der Waals surface area contributed by atoms with E-state index in [9.17, 15) is 9.18 Å². The summed E-state index contributed by atoms with van der Waals surface area (Å²) in [6.45, 7) is 12.2. The Balaban J connectivity index is 1.46. The van der Waals surface area contributed by atoms with E-state index in [2.05, 4.69) is 47.9 Å². The Bertz CT molecular complexity index is 1370. The van der Waals surface area contributed by atoms with Gasteiger partial charge in [-0.2, -0.15) is 4.98 Å². The van der Waals surface area contributed by atoms with Gasteiger partial charge in [-0.25, -0.2) is 14.2 Å². The van der Waals surface area contributed by atoms with Crippen LogP contribution in [0.1, 0.15) is 65.4 Å². The molecule has 45 heavy (non-hydrogen) atoms. The van der Waals surface area contributed by atoms with Crippen LogP contribution in [0.3, 0.4) is 0 Å². The lowest BCUT2D eigenvalue weighted by atomic mass is 9.88. The van der Waals surface area contributed by atoms with Crippen molar-refractivity contribution in [2.45, 2.75) is 72.4 Å². The number of rotatable bonds is 15. The van der Waals surface area contributed by atoms with Crippen molar-refractivity contribution in [1.82, 2.24) is 14.9 Å². The Morgan fingerprint density at radius 3 is 2.60 bits per heavy atom. The van der Waals surface area contributed by atoms with E-state index in [4.69, 9.17) is 14.2 Å². The summed E-state index contributed by atoms with van der Waals surface area (Å²) in [7, 11) is 1.60. The number of piperidine rings is 1. The number of anilines is 3. The monoisotopic (exact) mass is 621 g/mol. The minimum absolute atomic E-state index is 0.0833. The lowest BCUT2D eigenvalue weighted by Crippen LogP contribution is -2.48. The van der Waals surface area contributed by atoms with E-state index in [-0.39, 0.29) is 36.2 Å². The number of carbonyl (C=O) groups excluding carboxylic acids is 1. The van der Waals surface area contributed by atoms with Crippen molar-refractivity contribution in [1.29, 1.82) is 0 Å². The van der Waals surface area contributed by atoms with Crippen LogP contribution in [-0.2, 0) is 11.3 Å². The lowest BCUT2D eigenvalue weighted by Gasteiger charge is -2.36. The first-order valence-corrected chi connectivity index (χ1v) is 16.1. The van der Waals surface area contributed by atoms with Gasteiger partial charge in [0.1, 0.15) is 18.2 Å². The maximum Gasteiger partial charge on any atom is 0.416 e. The molecule has 1 N–H and O–H groups in total. The van der Waals surface area contributed by atoms with E-state index in [1.807, 2.05) is 24.3 Å². The molecule has 2 aromatic carbocycles. The van der Waals surface area contributed by atoms with Crippen LogP contribution in [0.2, 0.25) is 0 Å². The van der Waals surface area contributed by atoms with Crippen LogP contribution in [0.5, 0.6) is 11.5 Å². The molecule has 0 saturated carbocycles. The van der Waals surface area contributed by atoms with E-state index in [1.54, 1.807) is 36.4 Å². The van der Waals surface area contributed by atoms with Gasteiger partial charge in [0.25, 0.3) is 0 Å². The molecule has 1 aliphatic rings. The average molecular weight is 622 g/mol. The highest BCUT2D eigenvalue weighted by Crippen LogP contribution is 2.29. The summed E-state index contributed by atoms with van der Waals surface area (Å²) in [5.41, 5.74) is 1.29. The number of amides is 1. The molecule has 1 saturated heterocycles. The number of carbonyl (C=O) groups is 1. The van der Waals surface area contributed by atoms with Crippen molar-refractivity contribution in [2.75, 3.05) is 43.6 Å². The van der Waals surface area contributed by atoms with Crippen LogP contribution >= 0.6 is 0 Å². The Morgan fingerprint density at radius 1 is 1.09 bits per heavy atom. The maximum absolute atomic E-state index is 14.9. The summed E-state index contributed by atoms with van der Waals surface area (Å²) < 4.78 is 31.8. The van der Waals surface area contributed by atoms with Crippen molar-refractivity contribution in [2.24, 2.45) is 11.8 Å². The van der Waals surface area contributed by atoms with E-state index in [0.29, 0.717) is 23.9 Å². The summed E-state index contributed by atoms with van der Waals surface area (Å²) in [6, 6.07) is 13.6. The average Bonchev–Trinajstić information content (AvgIpc) is 3.05. The number of hydrogen-bond donors (Lipinski definition) is 1. The van der Waals surface area contributed by atoms with Gasteiger partial charge in [-0.1, -0.05) is 52.7 Å². The highest BCUT2D eigenvalue weighted by atomic mass is 19.1. The quantitative estimate of drug-likeness (QED) is 0.172. The second-order valence-electron chi connectivity index (χ2n) is 12.0. The molecular weight excluding hydrogens is 573 g/mol. The molecule has 2 atom stereocenters. The van der Waals surface area contributed by atoms with Crippen LogP contribution in [0.25, 0.3) is 0 Å². The lowest BCUT2D eigenvalue weighted by molar-refractivity contribution is 0.138. The molecule has 244 valence electrons. The van der Waals surface area contributed by atoms with Crippen molar-refractivity contribution in [3.05, 3.63) is 66.1 Å². The Morgan fingerprint density at radius 2 is 1.89 bits per heavy atom. The van der Waals surface area contributed by atoms with E-state index < -0.39 is 11.9 Å². The normalized spacial score (nSPS) is 14.9. The SMILES string of the molecule is CCC(C)C(C(C)C)N(C(=O)OCc1cccc(OC)c1)c1ccnc(Nc2ccc(OCCCN3CCCCC3)c(F)c2)n1. The summed E-state index contributed by atoms with van der Waals surface area (Å²) >= 11 is 0. The van der Waals surface area contributed by atoms with Crippen LogP contribution in [0, 0.1) is 17.7 Å². The van der Waals surface area contributed by atoms with Gasteiger partial charge < -0.3 is 24.4 Å². The Labute approximate surface area is 267 Å². The topological polar surface area (TPSA) is 89.0 Å². The third-order valence-electron chi connectivity index (χ3n) is 8.30. The van der Waals surface area contributed by atoms with Gasteiger partial charge in [-0.15, -0.1) is 0 Å². The smallest absolute Gasteiger partial charge is 0.416 e. The highest BCUT2D eigenvalue weighted by molar-refractivity contribution is 5.87. The number of ether oxygens (including phenoxy) is 3. The van der Waals surface area contributed by atoms with Crippen LogP contribution in [0.4, 0.5) is 26.6 Å². The van der Waals surface area contributed by atoms with E-state index >= 15 is 0 Å². The van der Waals surface area contributed by atoms with E-state index in [1.165, 1.54) is 25.3 Å². The number of nitrogens with zero attached hydrogens (tertiary/aromatic N) is 4. The second-order valence-corrected chi connectivity index (χ2v) is 12.0. The number of hydrogen-bond acceptors (Lipinski definition) is 8. The summed E-state index contributed by atoms with van der Waals surface area (Å²) in [6.07, 6.45) is 6.60. The molecule has 10 heteroatoms. The van der Waals surface area contributed by atoms with Gasteiger partial charge in [0.15, 0.2) is 11.6 Å².